The standard InChI is InChI=1S/C31H35N3O5/c1-5-33(6-2)23-13-11-22(12-14-23)28-27(30(36)31(37)34(28)20-21-10-9-17-32-19-21)29(35)25-16-15-24(38-7-3)18-26(25)39-8-4/h9-19,28,35H,5-8,20H2,1-4H3/b29-27-. The fourth-order valence-corrected chi connectivity index (χ4v) is 4.91. The van der Waals surface area contributed by atoms with Crippen LogP contribution in [0.15, 0.2) is 72.6 Å². The van der Waals surface area contributed by atoms with Crippen LogP contribution in [0.4, 0.5) is 5.69 Å². The number of hydrogen-bond donors (Lipinski definition) is 1. The molecule has 1 aromatic heterocycles. The summed E-state index contributed by atoms with van der Waals surface area (Å²) < 4.78 is 11.4. The van der Waals surface area contributed by atoms with Crippen LogP contribution >= 0.6 is 0 Å². The van der Waals surface area contributed by atoms with Crippen molar-refractivity contribution < 1.29 is 24.2 Å². The molecular weight excluding hydrogens is 494 g/mol. The second-order valence-corrected chi connectivity index (χ2v) is 9.08. The normalized spacial score (nSPS) is 16.4. The van der Waals surface area contributed by atoms with E-state index in [1.165, 1.54) is 4.90 Å². The Morgan fingerprint density at radius 3 is 2.31 bits per heavy atom. The highest BCUT2D eigenvalue weighted by Gasteiger charge is 2.46. The fourth-order valence-electron chi connectivity index (χ4n) is 4.91. The van der Waals surface area contributed by atoms with Gasteiger partial charge in [0.1, 0.15) is 17.3 Å². The summed E-state index contributed by atoms with van der Waals surface area (Å²) >= 11 is 0. The molecule has 39 heavy (non-hydrogen) atoms. The number of hydrogen-bond acceptors (Lipinski definition) is 7. The number of pyridine rings is 1. The van der Waals surface area contributed by atoms with Crippen LogP contribution in [0.3, 0.4) is 0 Å². The largest absolute Gasteiger partial charge is 0.507 e. The molecule has 0 aliphatic carbocycles. The van der Waals surface area contributed by atoms with E-state index in [0.717, 1.165) is 29.9 Å². The molecule has 0 saturated carbocycles. The van der Waals surface area contributed by atoms with Gasteiger partial charge in [-0.15, -0.1) is 0 Å². The lowest BCUT2D eigenvalue weighted by molar-refractivity contribution is -0.140. The van der Waals surface area contributed by atoms with Crippen molar-refractivity contribution >= 4 is 23.1 Å². The van der Waals surface area contributed by atoms with E-state index in [4.69, 9.17) is 9.47 Å². The first kappa shape index (κ1) is 27.7. The second-order valence-electron chi connectivity index (χ2n) is 9.08. The van der Waals surface area contributed by atoms with Gasteiger partial charge in [0.25, 0.3) is 11.7 Å². The molecule has 1 unspecified atom stereocenters. The van der Waals surface area contributed by atoms with Crippen LogP contribution in [0.1, 0.15) is 50.4 Å². The van der Waals surface area contributed by atoms with Gasteiger partial charge in [-0.1, -0.05) is 18.2 Å². The van der Waals surface area contributed by atoms with Gasteiger partial charge in [-0.2, -0.15) is 0 Å². The number of nitrogens with zero attached hydrogens (tertiary/aromatic N) is 3. The van der Waals surface area contributed by atoms with Gasteiger partial charge in [0.05, 0.1) is 30.4 Å². The lowest BCUT2D eigenvalue weighted by atomic mass is 9.94. The summed E-state index contributed by atoms with van der Waals surface area (Å²) in [7, 11) is 0. The highest BCUT2D eigenvalue weighted by molar-refractivity contribution is 6.46. The zero-order valence-corrected chi connectivity index (χ0v) is 22.9. The van der Waals surface area contributed by atoms with E-state index < -0.39 is 17.7 Å². The highest BCUT2D eigenvalue weighted by atomic mass is 16.5. The molecule has 3 aromatic rings. The van der Waals surface area contributed by atoms with E-state index in [9.17, 15) is 14.7 Å². The van der Waals surface area contributed by atoms with E-state index in [1.54, 1.807) is 36.7 Å². The molecular formula is C31H35N3O5. The summed E-state index contributed by atoms with van der Waals surface area (Å²) in [6.45, 7) is 10.6. The van der Waals surface area contributed by atoms with E-state index in [2.05, 4.69) is 23.7 Å². The minimum atomic E-state index is -0.794. The molecule has 0 spiro atoms. The van der Waals surface area contributed by atoms with E-state index in [0.29, 0.717) is 30.3 Å². The minimum Gasteiger partial charge on any atom is -0.507 e. The van der Waals surface area contributed by atoms with Crippen LogP contribution in [0, 0.1) is 0 Å². The smallest absolute Gasteiger partial charge is 0.295 e. The Morgan fingerprint density at radius 1 is 0.974 bits per heavy atom. The quantitative estimate of drug-likeness (QED) is 0.203. The van der Waals surface area contributed by atoms with Crippen molar-refractivity contribution in [2.45, 2.75) is 40.3 Å². The van der Waals surface area contributed by atoms with Crippen LogP contribution in [0.25, 0.3) is 5.76 Å². The van der Waals surface area contributed by atoms with Gasteiger partial charge in [-0.05, 0) is 69.2 Å². The molecule has 1 amide bonds. The maximum atomic E-state index is 13.5. The Bertz CT molecular complexity index is 1330. The maximum Gasteiger partial charge on any atom is 0.295 e. The summed E-state index contributed by atoms with van der Waals surface area (Å²) in [6.07, 6.45) is 3.32. The molecule has 1 atom stereocenters. The van der Waals surface area contributed by atoms with Crippen LogP contribution in [-0.4, -0.2) is 53.0 Å². The van der Waals surface area contributed by atoms with Crippen LogP contribution in [0.5, 0.6) is 11.5 Å². The number of aliphatic hydroxyl groups excluding tert-OH is 1. The Balaban J connectivity index is 1.86. The number of aromatic nitrogens is 1. The predicted octanol–water partition coefficient (Wildman–Crippen LogP) is 5.35. The van der Waals surface area contributed by atoms with Crippen molar-refractivity contribution in [2.24, 2.45) is 0 Å². The summed E-state index contributed by atoms with van der Waals surface area (Å²) in [6, 6.07) is 15.7. The molecule has 0 bridgehead atoms. The van der Waals surface area contributed by atoms with Crippen LogP contribution < -0.4 is 14.4 Å². The van der Waals surface area contributed by atoms with Crippen molar-refractivity contribution in [1.29, 1.82) is 0 Å². The van der Waals surface area contributed by atoms with E-state index >= 15 is 0 Å². The third-order valence-electron chi connectivity index (χ3n) is 6.77. The summed E-state index contributed by atoms with van der Waals surface area (Å²) in [5.41, 5.74) is 2.88. The number of rotatable bonds is 11. The monoisotopic (exact) mass is 529 g/mol. The molecule has 8 nitrogen and oxygen atoms in total. The number of aliphatic hydroxyl groups is 1. The molecule has 1 fully saturated rings. The molecule has 1 N–H and O–H groups in total. The van der Waals surface area contributed by atoms with Crippen molar-refractivity contribution in [3.8, 4) is 11.5 Å². The first-order chi connectivity index (χ1) is 18.9. The van der Waals surface area contributed by atoms with Crippen molar-refractivity contribution in [1.82, 2.24) is 9.88 Å². The first-order valence-corrected chi connectivity index (χ1v) is 13.4. The molecule has 2 aromatic carbocycles. The fraction of sp³-hybridized carbons (Fsp3) is 0.323. The van der Waals surface area contributed by atoms with Gasteiger partial charge in [0.2, 0.25) is 0 Å². The second kappa shape index (κ2) is 12.5. The number of likely N-dealkylation sites (tertiary alicyclic amines) is 1. The zero-order chi connectivity index (χ0) is 27.9. The zero-order valence-electron chi connectivity index (χ0n) is 22.9. The number of ketones is 1. The molecule has 1 saturated heterocycles. The van der Waals surface area contributed by atoms with Crippen LogP contribution in [0.2, 0.25) is 0 Å². The van der Waals surface area contributed by atoms with Gasteiger partial charge in [-0.3, -0.25) is 14.6 Å². The molecule has 2 heterocycles. The number of anilines is 1. The Kier molecular flexibility index (Phi) is 8.86. The number of Topliss-reactive ketones (excluding diaryl/α,β-unsaturated/α-hetero) is 1. The van der Waals surface area contributed by atoms with E-state index in [-0.39, 0.29) is 17.9 Å². The molecule has 1 aliphatic heterocycles. The summed E-state index contributed by atoms with van der Waals surface area (Å²) in [5, 5.41) is 11.6. The lowest BCUT2D eigenvalue weighted by Gasteiger charge is -2.27. The number of ether oxygens (including phenoxy) is 2. The third kappa shape index (κ3) is 5.74. The number of carbonyl (C=O) groups is 2. The van der Waals surface area contributed by atoms with Gasteiger partial charge in [0.15, 0.2) is 0 Å². The van der Waals surface area contributed by atoms with E-state index in [1.807, 2.05) is 44.2 Å². The Labute approximate surface area is 229 Å². The summed E-state index contributed by atoms with van der Waals surface area (Å²) in [5.74, 6) is -0.757. The predicted molar refractivity (Wildman–Crippen MR) is 151 cm³/mol. The molecule has 204 valence electrons. The first-order valence-electron chi connectivity index (χ1n) is 13.4. The highest BCUT2D eigenvalue weighted by Crippen LogP contribution is 2.42. The van der Waals surface area contributed by atoms with Crippen molar-refractivity contribution in [3.63, 3.8) is 0 Å². The lowest BCUT2D eigenvalue weighted by Crippen LogP contribution is -2.29. The summed E-state index contributed by atoms with van der Waals surface area (Å²) in [4.78, 5) is 34.8. The van der Waals surface area contributed by atoms with Gasteiger partial charge in [0, 0.05) is 43.8 Å². The number of benzene rings is 2. The topological polar surface area (TPSA) is 92.2 Å². The van der Waals surface area contributed by atoms with Crippen molar-refractivity contribution in [2.75, 3.05) is 31.2 Å². The average molecular weight is 530 g/mol. The van der Waals surface area contributed by atoms with Gasteiger partial charge in [-0.25, -0.2) is 0 Å². The molecule has 0 radical (unpaired) electrons. The SMILES string of the molecule is CCOc1ccc(/C(O)=C2/C(=O)C(=O)N(Cc3cccnc3)C2c2ccc(N(CC)CC)cc2)c(OCC)c1. The molecule has 4 rings (SSSR count). The molecule has 8 heteroatoms. The Hall–Kier alpha value is -4.33. The Morgan fingerprint density at radius 2 is 1.69 bits per heavy atom. The third-order valence-corrected chi connectivity index (χ3v) is 6.77. The van der Waals surface area contributed by atoms with Gasteiger partial charge >= 0.3 is 0 Å². The average Bonchev–Trinajstić information content (AvgIpc) is 3.20. The number of carbonyl (C=O) groups excluding carboxylic acids is 2. The van der Waals surface area contributed by atoms with Crippen molar-refractivity contribution in [3.05, 3.63) is 89.3 Å². The van der Waals surface area contributed by atoms with Gasteiger partial charge < -0.3 is 24.4 Å². The maximum absolute atomic E-state index is 13.5. The number of amides is 1. The van der Waals surface area contributed by atoms with Crippen LogP contribution in [-0.2, 0) is 16.1 Å². The minimum absolute atomic E-state index is 0.0181. The molecule has 1 aliphatic rings.